The molecule has 0 spiro atoms. The molecule has 2 aromatic carbocycles. The molecule has 2 aromatic heterocycles. The predicted molar refractivity (Wildman–Crippen MR) is 200 cm³/mol. The van der Waals surface area contributed by atoms with Crippen molar-refractivity contribution >= 4 is 17.4 Å². The fourth-order valence-electron chi connectivity index (χ4n) is 6.51. The van der Waals surface area contributed by atoms with Gasteiger partial charge in [0.15, 0.2) is 11.8 Å². The highest BCUT2D eigenvalue weighted by molar-refractivity contribution is 5.81. The molecule has 0 saturated carbocycles. The van der Waals surface area contributed by atoms with Gasteiger partial charge in [-0.25, -0.2) is 14.2 Å². The highest BCUT2D eigenvalue weighted by atomic mass is 19.1. The highest BCUT2D eigenvalue weighted by Crippen LogP contribution is 2.40. The van der Waals surface area contributed by atoms with Gasteiger partial charge in [-0.15, -0.1) is 13.2 Å². The van der Waals surface area contributed by atoms with E-state index in [0.29, 0.717) is 77.0 Å². The Morgan fingerprint density at radius 2 is 1.78 bits per heavy atom. The quantitative estimate of drug-likeness (QED) is 0.101. The summed E-state index contributed by atoms with van der Waals surface area (Å²) in [7, 11) is 1.36. The van der Waals surface area contributed by atoms with Crippen LogP contribution in [-0.2, 0) is 19.0 Å². The van der Waals surface area contributed by atoms with Crippen LogP contribution in [0.25, 0.3) is 28.0 Å². The number of ether oxygens (including phenoxy) is 4. The van der Waals surface area contributed by atoms with Crippen LogP contribution in [0.2, 0.25) is 0 Å². The maximum Gasteiger partial charge on any atom is 0.339 e. The van der Waals surface area contributed by atoms with E-state index in [4.69, 9.17) is 29.0 Å². The number of aromatic nitrogens is 3. The van der Waals surface area contributed by atoms with E-state index in [1.165, 1.54) is 7.11 Å². The number of hydrogen-bond acceptors (Lipinski definition) is 8. The Balaban J connectivity index is 1.66. The molecule has 272 valence electrons. The molecule has 0 bridgehead atoms. The number of carbonyl (C=O) groups excluding carboxylic acids is 1. The van der Waals surface area contributed by atoms with Crippen LogP contribution in [0.5, 0.6) is 5.75 Å². The first kappa shape index (κ1) is 37.7. The molecule has 9 nitrogen and oxygen atoms in total. The Morgan fingerprint density at radius 1 is 1.08 bits per heavy atom. The first-order chi connectivity index (χ1) is 24.2. The van der Waals surface area contributed by atoms with Crippen LogP contribution in [0, 0.1) is 19.7 Å². The molecule has 2 unspecified atom stereocenters. The molecule has 0 aliphatic carbocycles. The number of methoxy groups -OCH3 is 1. The van der Waals surface area contributed by atoms with E-state index < -0.39 is 17.7 Å². The lowest BCUT2D eigenvalue weighted by molar-refractivity contribution is -0.164. The number of anilines is 1. The number of rotatable bonds is 13. The van der Waals surface area contributed by atoms with Gasteiger partial charge in [0.25, 0.3) is 0 Å². The average molecular weight is 699 g/mol. The number of fused-ring (bicyclic) bond motifs is 1. The highest BCUT2D eigenvalue weighted by Gasteiger charge is 2.38. The van der Waals surface area contributed by atoms with Crippen molar-refractivity contribution < 1.29 is 28.1 Å². The Labute approximate surface area is 301 Å². The summed E-state index contributed by atoms with van der Waals surface area (Å²) in [6.45, 7) is 22.8. The van der Waals surface area contributed by atoms with Crippen LogP contribution in [0.1, 0.15) is 76.8 Å². The van der Waals surface area contributed by atoms with Gasteiger partial charge in [0.1, 0.15) is 17.4 Å². The Bertz CT molecular complexity index is 1900. The fourth-order valence-corrected chi connectivity index (χ4v) is 6.51. The van der Waals surface area contributed by atoms with Crippen LogP contribution in [0.4, 0.5) is 10.2 Å². The molecule has 2 atom stereocenters. The van der Waals surface area contributed by atoms with Crippen molar-refractivity contribution in [3.8, 4) is 28.1 Å². The minimum atomic E-state index is -1.05. The molecular formula is C41H51FN4O5. The van der Waals surface area contributed by atoms with E-state index in [2.05, 4.69) is 25.0 Å². The molecule has 1 aliphatic rings. The summed E-state index contributed by atoms with van der Waals surface area (Å²) in [5, 5.41) is 5.10. The molecule has 1 saturated heterocycles. The van der Waals surface area contributed by atoms with Crippen molar-refractivity contribution in [2.45, 2.75) is 91.1 Å². The van der Waals surface area contributed by atoms with Gasteiger partial charge in [0.05, 0.1) is 47.8 Å². The topological polar surface area (TPSA) is 87.4 Å². The van der Waals surface area contributed by atoms with Crippen molar-refractivity contribution in [2.75, 3.05) is 31.7 Å². The van der Waals surface area contributed by atoms with Gasteiger partial charge in [0.2, 0.25) is 0 Å². The average Bonchev–Trinajstić information content (AvgIpc) is 3.51. The van der Waals surface area contributed by atoms with Gasteiger partial charge in [-0.05, 0) is 84.6 Å². The largest absolute Gasteiger partial charge is 0.490 e. The molecule has 51 heavy (non-hydrogen) atoms. The second-order valence-corrected chi connectivity index (χ2v) is 14.5. The molecule has 1 fully saturated rings. The minimum Gasteiger partial charge on any atom is -0.490 e. The smallest absolute Gasteiger partial charge is 0.339 e. The van der Waals surface area contributed by atoms with Crippen LogP contribution in [-0.4, -0.2) is 64.7 Å². The van der Waals surface area contributed by atoms with Gasteiger partial charge in [0, 0.05) is 36.8 Å². The summed E-state index contributed by atoms with van der Waals surface area (Å²) in [4.78, 5) is 20.6. The monoisotopic (exact) mass is 698 g/mol. The van der Waals surface area contributed by atoms with E-state index in [0.717, 1.165) is 18.4 Å². The van der Waals surface area contributed by atoms with E-state index in [-0.39, 0.29) is 17.5 Å². The molecule has 4 aromatic rings. The van der Waals surface area contributed by atoms with E-state index in [1.807, 2.05) is 71.0 Å². The van der Waals surface area contributed by atoms with E-state index >= 15 is 4.39 Å². The third-order valence-electron chi connectivity index (χ3n) is 9.19. The Kier molecular flexibility index (Phi) is 11.4. The third kappa shape index (κ3) is 8.34. The third-order valence-corrected chi connectivity index (χ3v) is 9.19. The van der Waals surface area contributed by atoms with Crippen LogP contribution in [0.15, 0.2) is 67.8 Å². The Morgan fingerprint density at radius 3 is 2.43 bits per heavy atom. The summed E-state index contributed by atoms with van der Waals surface area (Å²) in [6, 6.07) is 13.1. The van der Waals surface area contributed by atoms with Crippen molar-refractivity contribution in [1.82, 2.24) is 14.6 Å². The summed E-state index contributed by atoms with van der Waals surface area (Å²) in [5.74, 6) is 0.316. The van der Waals surface area contributed by atoms with Crippen LogP contribution >= 0.6 is 0 Å². The van der Waals surface area contributed by atoms with Crippen LogP contribution in [0.3, 0.4) is 0 Å². The van der Waals surface area contributed by atoms with Gasteiger partial charge in [-0.1, -0.05) is 36.4 Å². The molecule has 10 heteroatoms. The number of halogens is 1. The van der Waals surface area contributed by atoms with Crippen molar-refractivity contribution in [3.05, 3.63) is 90.4 Å². The standard InChI is InChI=1S/C41H51FN4O5/c1-11-14-27(4)50-32-18-17-26(3)36(42)35(32)30-16-13-15-29(24-30)31-25-33-43-28(5)34(37(39(47)48-10)51-40(6,7)8)38(46(33)44-31)45-21-19-41(9,20-22-45)49-23-12-2/h11-13,15-18,24-25,27,37H,1-2,14,19-23H2,3-10H3. The number of benzene rings is 2. The van der Waals surface area contributed by atoms with Crippen LogP contribution < -0.4 is 9.64 Å². The zero-order valence-electron chi connectivity index (χ0n) is 31.2. The zero-order chi connectivity index (χ0) is 37.1. The van der Waals surface area contributed by atoms with Gasteiger partial charge in [-0.2, -0.15) is 9.61 Å². The van der Waals surface area contributed by atoms with Gasteiger partial charge >= 0.3 is 5.97 Å². The number of aryl methyl sites for hydroxylation is 2. The number of piperidine rings is 1. The summed E-state index contributed by atoms with van der Waals surface area (Å²) in [6.07, 6.45) is 4.46. The maximum absolute atomic E-state index is 15.8. The molecule has 0 radical (unpaired) electrons. The predicted octanol–water partition coefficient (Wildman–Crippen LogP) is 8.75. The first-order valence-corrected chi connectivity index (χ1v) is 17.5. The van der Waals surface area contributed by atoms with E-state index in [1.54, 1.807) is 29.7 Å². The lowest BCUT2D eigenvalue weighted by Crippen LogP contribution is -2.45. The second kappa shape index (κ2) is 15.4. The first-order valence-electron chi connectivity index (χ1n) is 17.5. The summed E-state index contributed by atoms with van der Waals surface area (Å²) in [5.41, 5.74) is 3.84. The SMILES string of the molecule is C=CCOC1(C)CCN(c2c(C(OC(C)(C)C)C(=O)OC)c(C)nc3cc(-c4cccc(-c5c(OC(C)CC=C)ccc(C)c5F)c4)nn23)CC1. The molecule has 1 aliphatic heterocycles. The van der Waals surface area contributed by atoms with Crippen molar-refractivity contribution in [1.29, 1.82) is 0 Å². The molecule has 0 N–H and O–H groups in total. The van der Waals surface area contributed by atoms with Gasteiger partial charge in [-0.3, -0.25) is 0 Å². The summed E-state index contributed by atoms with van der Waals surface area (Å²) >= 11 is 0. The molecule has 3 heterocycles. The second-order valence-electron chi connectivity index (χ2n) is 14.5. The van der Waals surface area contributed by atoms with Crippen molar-refractivity contribution in [3.63, 3.8) is 0 Å². The molecule has 0 amide bonds. The number of esters is 1. The molecular weight excluding hydrogens is 647 g/mol. The maximum atomic E-state index is 15.8. The molecule has 5 rings (SSSR count). The lowest BCUT2D eigenvalue weighted by atomic mass is 9.92. The zero-order valence-corrected chi connectivity index (χ0v) is 31.2. The minimum absolute atomic E-state index is 0.177. The van der Waals surface area contributed by atoms with Crippen molar-refractivity contribution in [2.24, 2.45) is 0 Å². The number of hydrogen-bond donors (Lipinski definition) is 0. The normalized spacial score (nSPS) is 15.7. The van der Waals surface area contributed by atoms with E-state index in [9.17, 15) is 4.79 Å². The number of nitrogens with zero attached hydrogens (tertiary/aromatic N) is 4. The summed E-state index contributed by atoms with van der Waals surface area (Å²) < 4.78 is 41.7. The Hall–Kier alpha value is -4.54. The fraction of sp³-hybridized carbons (Fsp3) is 0.439. The number of carbonyl (C=O) groups is 1. The van der Waals surface area contributed by atoms with Gasteiger partial charge < -0.3 is 23.8 Å². The lowest BCUT2D eigenvalue weighted by Gasteiger charge is -2.41.